The Balaban J connectivity index is 2.52. The Morgan fingerprint density at radius 2 is 2.12 bits per heavy atom. The van der Waals surface area contributed by atoms with Crippen LogP contribution in [0.15, 0.2) is 0 Å². The number of hydrogen-bond donors (Lipinski definition) is 1. The molecule has 1 saturated heterocycles. The molecule has 1 fully saturated rings. The number of likely N-dealkylation sites (N-methyl/N-ethyl adjacent to an activating group) is 1. The molecular formula is C11H20N2O3. The number of rotatable bonds is 4. The van der Waals surface area contributed by atoms with Gasteiger partial charge < -0.3 is 10.0 Å². The monoisotopic (exact) mass is 228 g/mol. The second-order valence-corrected chi connectivity index (χ2v) is 4.41. The second kappa shape index (κ2) is 5.84. The van der Waals surface area contributed by atoms with Crippen molar-refractivity contribution in [3.05, 3.63) is 0 Å². The van der Waals surface area contributed by atoms with E-state index in [0.29, 0.717) is 6.54 Å². The maximum Gasteiger partial charge on any atom is 0.317 e. The molecule has 0 saturated carbocycles. The molecule has 0 aromatic carbocycles. The number of carboxylic acid groups (broad SMARTS) is 1. The van der Waals surface area contributed by atoms with E-state index in [2.05, 4.69) is 0 Å². The Labute approximate surface area is 96.0 Å². The van der Waals surface area contributed by atoms with E-state index in [1.54, 1.807) is 11.9 Å². The smallest absolute Gasteiger partial charge is 0.317 e. The van der Waals surface area contributed by atoms with Crippen LogP contribution in [-0.2, 0) is 9.59 Å². The van der Waals surface area contributed by atoms with Crippen molar-refractivity contribution in [3.8, 4) is 0 Å². The zero-order chi connectivity index (χ0) is 12.1. The first-order valence-electron chi connectivity index (χ1n) is 5.68. The van der Waals surface area contributed by atoms with Gasteiger partial charge in [-0.15, -0.1) is 0 Å². The van der Waals surface area contributed by atoms with Crippen LogP contribution in [0.5, 0.6) is 0 Å². The van der Waals surface area contributed by atoms with Gasteiger partial charge in [0.2, 0.25) is 5.91 Å². The van der Waals surface area contributed by atoms with Crippen LogP contribution in [0.1, 0.15) is 26.2 Å². The summed E-state index contributed by atoms with van der Waals surface area (Å²) in [6.07, 6.45) is 3.14. The summed E-state index contributed by atoms with van der Waals surface area (Å²) in [5.41, 5.74) is 0. The molecule has 0 aromatic rings. The minimum absolute atomic E-state index is 0.0286. The van der Waals surface area contributed by atoms with Crippen molar-refractivity contribution in [1.29, 1.82) is 0 Å². The highest BCUT2D eigenvalue weighted by molar-refractivity contribution is 5.73. The molecule has 5 nitrogen and oxygen atoms in total. The normalized spacial score (nSPS) is 21.8. The molecule has 1 atom stereocenters. The Kier molecular flexibility index (Phi) is 4.73. The summed E-state index contributed by atoms with van der Waals surface area (Å²) in [4.78, 5) is 25.5. The zero-order valence-electron chi connectivity index (χ0n) is 9.98. The Hall–Kier alpha value is -1.10. The van der Waals surface area contributed by atoms with Crippen molar-refractivity contribution in [2.75, 3.05) is 26.7 Å². The van der Waals surface area contributed by atoms with Gasteiger partial charge in [0.1, 0.15) is 0 Å². The van der Waals surface area contributed by atoms with Gasteiger partial charge in [0.15, 0.2) is 0 Å². The van der Waals surface area contributed by atoms with Crippen LogP contribution >= 0.6 is 0 Å². The number of carbonyl (C=O) groups is 2. The summed E-state index contributed by atoms with van der Waals surface area (Å²) in [6, 6.07) is 0.193. The molecule has 1 aliphatic heterocycles. The predicted molar refractivity (Wildman–Crippen MR) is 60.2 cm³/mol. The lowest BCUT2D eigenvalue weighted by Crippen LogP contribution is -2.48. The van der Waals surface area contributed by atoms with Crippen molar-refractivity contribution >= 4 is 11.9 Å². The minimum atomic E-state index is -0.794. The molecule has 0 aromatic heterocycles. The molecular weight excluding hydrogens is 208 g/mol. The summed E-state index contributed by atoms with van der Waals surface area (Å²) in [7, 11) is 1.76. The number of nitrogens with zero attached hydrogens (tertiary/aromatic N) is 2. The molecule has 0 radical (unpaired) electrons. The van der Waals surface area contributed by atoms with Crippen LogP contribution in [0.2, 0.25) is 0 Å². The zero-order valence-corrected chi connectivity index (χ0v) is 9.98. The molecule has 1 heterocycles. The van der Waals surface area contributed by atoms with Gasteiger partial charge in [-0.25, -0.2) is 0 Å². The molecule has 16 heavy (non-hydrogen) atoms. The van der Waals surface area contributed by atoms with E-state index < -0.39 is 5.97 Å². The van der Waals surface area contributed by atoms with Crippen LogP contribution in [0, 0.1) is 0 Å². The molecule has 0 bridgehead atoms. The van der Waals surface area contributed by atoms with Gasteiger partial charge in [-0.05, 0) is 19.4 Å². The summed E-state index contributed by atoms with van der Waals surface area (Å²) in [5.74, 6) is -0.766. The highest BCUT2D eigenvalue weighted by Gasteiger charge is 2.25. The van der Waals surface area contributed by atoms with Crippen LogP contribution in [-0.4, -0.2) is 59.5 Å². The first-order chi connectivity index (χ1) is 7.50. The fraction of sp³-hybridized carbons (Fsp3) is 0.818. The van der Waals surface area contributed by atoms with Gasteiger partial charge in [-0.1, -0.05) is 6.42 Å². The lowest BCUT2D eigenvalue weighted by atomic mass is 10.0. The molecule has 1 unspecified atom stereocenters. The van der Waals surface area contributed by atoms with E-state index >= 15 is 0 Å². The fourth-order valence-corrected chi connectivity index (χ4v) is 2.09. The van der Waals surface area contributed by atoms with Crippen molar-refractivity contribution in [2.45, 2.75) is 32.2 Å². The molecule has 1 rings (SSSR count). The number of carboxylic acids is 1. The summed E-state index contributed by atoms with van der Waals surface area (Å²) >= 11 is 0. The fourth-order valence-electron chi connectivity index (χ4n) is 2.09. The van der Waals surface area contributed by atoms with Crippen molar-refractivity contribution in [1.82, 2.24) is 9.80 Å². The predicted octanol–water partition coefficient (Wildman–Crippen LogP) is 0.404. The lowest BCUT2D eigenvalue weighted by molar-refractivity contribution is -0.139. The van der Waals surface area contributed by atoms with Gasteiger partial charge in [-0.3, -0.25) is 14.5 Å². The quantitative estimate of drug-likeness (QED) is 0.757. The maximum atomic E-state index is 11.1. The minimum Gasteiger partial charge on any atom is -0.480 e. The van der Waals surface area contributed by atoms with E-state index in [0.717, 1.165) is 25.8 Å². The second-order valence-electron chi connectivity index (χ2n) is 4.41. The van der Waals surface area contributed by atoms with Crippen LogP contribution in [0.25, 0.3) is 0 Å². The Morgan fingerprint density at radius 3 is 2.69 bits per heavy atom. The summed E-state index contributed by atoms with van der Waals surface area (Å²) in [5, 5.41) is 8.80. The van der Waals surface area contributed by atoms with E-state index in [4.69, 9.17) is 5.11 Å². The number of hydrogen-bond acceptors (Lipinski definition) is 3. The van der Waals surface area contributed by atoms with Gasteiger partial charge in [-0.2, -0.15) is 0 Å². The van der Waals surface area contributed by atoms with Gasteiger partial charge in [0.05, 0.1) is 6.54 Å². The topological polar surface area (TPSA) is 60.9 Å². The molecule has 1 N–H and O–H groups in total. The van der Waals surface area contributed by atoms with E-state index in [1.807, 2.05) is 4.90 Å². The third kappa shape index (κ3) is 3.81. The van der Waals surface area contributed by atoms with Gasteiger partial charge in [0.25, 0.3) is 0 Å². The maximum absolute atomic E-state index is 11.1. The molecule has 5 heteroatoms. The van der Waals surface area contributed by atoms with Gasteiger partial charge >= 0.3 is 5.97 Å². The van der Waals surface area contributed by atoms with E-state index in [1.165, 1.54) is 6.92 Å². The van der Waals surface area contributed by atoms with E-state index in [-0.39, 0.29) is 18.5 Å². The highest BCUT2D eigenvalue weighted by Crippen LogP contribution is 2.17. The van der Waals surface area contributed by atoms with Crippen molar-refractivity contribution in [2.24, 2.45) is 0 Å². The summed E-state index contributed by atoms with van der Waals surface area (Å²) < 4.78 is 0. The number of amides is 1. The number of likely N-dealkylation sites (tertiary alicyclic amines) is 1. The molecule has 92 valence electrons. The molecule has 0 spiro atoms. The number of carbonyl (C=O) groups excluding carboxylic acids is 1. The van der Waals surface area contributed by atoms with Crippen LogP contribution in [0.4, 0.5) is 0 Å². The molecule has 0 aliphatic carbocycles. The van der Waals surface area contributed by atoms with Crippen LogP contribution < -0.4 is 0 Å². The summed E-state index contributed by atoms with van der Waals surface area (Å²) in [6.45, 7) is 3.06. The van der Waals surface area contributed by atoms with Crippen molar-refractivity contribution < 1.29 is 14.7 Å². The van der Waals surface area contributed by atoms with Gasteiger partial charge in [0, 0.05) is 26.6 Å². The number of piperidine rings is 1. The number of aliphatic carboxylic acids is 1. The molecule has 1 aliphatic rings. The highest BCUT2D eigenvalue weighted by atomic mass is 16.4. The largest absolute Gasteiger partial charge is 0.480 e. The van der Waals surface area contributed by atoms with E-state index in [9.17, 15) is 9.59 Å². The Bertz CT molecular complexity index is 268. The third-order valence-electron chi connectivity index (χ3n) is 3.11. The standard InChI is InChI=1S/C11H20N2O3/c1-9(14)12(2)7-10-5-3-4-6-13(10)8-11(15)16/h10H,3-8H2,1-2H3,(H,15,16). The van der Waals surface area contributed by atoms with Crippen LogP contribution in [0.3, 0.4) is 0 Å². The van der Waals surface area contributed by atoms with Crippen molar-refractivity contribution in [3.63, 3.8) is 0 Å². The average Bonchev–Trinajstić information content (AvgIpc) is 2.20. The average molecular weight is 228 g/mol. The third-order valence-corrected chi connectivity index (χ3v) is 3.11. The SMILES string of the molecule is CC(=O)N(C)CC1CCCCN1CC(=O)O. The molecule has 1 amide bonds. The lowest BCUT2D eigenvalue weighted by Gasteiger charge is -2.36. The first kappa shape index (κ1) is 13.0. The first-order valence-corrected chi connectivity index (χ1v) is 5.68. The Morgan fingerprint density at radius 1 is 1.44 bits per heavy atom.